The lowest BCUT2D eigenvalue weighted by Crippen LogP contribution is -2.26. The van der Waals surface area contributed by atoms with Crippen LogP contribution >= 0.6 is 0 Å². The summed E-state index contributed by atoms with van der Waals surface area (Å²) in [4.78, 5) is 0. The Hall–Kier alpha value is -2.16. The van der Waals surface area contributed by atoms with Gasteiger partial charge in [0.05, 0.1) is 0 Å². The monoisotopic (exact) mass is 338 g/mol. The van der Waals surface area contributed by atoms with Gasteiger partial charge in [-0.1, -0.05) is 32.9 Å². The zero-order valence-electron chi connectivity index (χ0n) is 15.1. The van der Waals surface area contributed by atoms with Crippen molar-refractivity contribution in [2.45, 2.75) is 45.6 Å². The minimum atomic E-state index is -0.00464. The van der Waals surface area contributed by atoms with Crippen molar-refractivity contribution < 1.29 is 14.9 Å². The maximum atomic E-state index is 9.96. The molecule has 4 unspecified atom stereocenters. The summed E-state index contributed by atoms with van der Waals surface area (Å²) in [6, 6.07) is 12.9. The number of hydrogen-bond acceptors (Lipinski definition) is 3. The first-order valence-corrected chi connectivity index (χ1v) is 9.11. The Morgan fingerprint density at radius 3 is 2.28 bits per heavy atom. The first-order chi connectivity index (χ1) is 11.8. The zero-order valence-corrected chi connectivity index (χ0v) is 15.1. The van der Waals surface area contributed by atoms with E-state index < -0.39 is 0 Å². The smallest absolute Gasteiger partial charge is 0.127 e. The fourth-order valence-electron chi connectivity index (χ4n) is 4.61. The maximum Gasteiger partial charge on any atom is 0.127 e. The van der Waals surface area contributed by atoms with Gasteiger partial charge in [-0.05, 0) is 66.0 Å². The highest BCUT2D eigenvalue weighted by Gasteiger charge is 2.48. The molecule has 4 atom stereocenters. The van der Waals surface area contributed by atoms with Crippen LogP contribution in [0.25, 0.3) is 0 Å². The summed E-state index contributed by atoms with van der Waals surface area (Å²) in [7, 11) is 0. The van der Waals surface area contributed by atoms with E-state index >= 15 is 0 Å². The van der Waals surface area contributed by atoms with Gasteiger partial charge in [0.2, 0.25) is 0 Å². The fourth-order valence-corrected chi connectivity index (χ4v) is 4.61. The van der Waals surface area contributed by atoms with Crippen molar-refractivity contribution in [1.29, 1.82) is 0 Å². The molecule has 0 aromatic heterocycles. The molecular weight excluding hydrogens is 312 g/mol. The lowest BCUT2D eigenvalue weighted by Gasteiger charge is -2.36. The third kappa shape index (κ3) is 2.86. The number of rotatable bonds is 1. The summed E-state index contributed by atoms with van der Waals surface area (Å²) >= 11 is 0. The van der Waals surface area contributed by atoms with Crippen molar-refractivity contribution in [1.82, 2.24) is 0 Å². The number of phenols is 2. The molecule has 0 radical (unpaired) electrons. The van der Waals surface area contributed by atoms with Gasteiger partial charge in [-0.3, -0.25) is 0 Å². The molecule has 2 N–H and O–H groups in total. The minimum absolute atomic E-state index is 0.00464. The third-order valence-corrected chi connectivity index (χ3v) is 6.09. The molecule has 2 aromatic carbocycles. The molecule has 1 fully saturated rings. The van der Waals surface area contributed by atoms with Crippen molar-refractivity contribution in [3.05, 3.63) is 53.6 Å². The van der Waals surface area contributed by atoms with Crippen LogP contribution in [0.4, 0.5) is 0 Å². The third-order valence-electron chi connectivity index (χ3n) is 6.09. The van der Waals surface area contributed by atoms with E-state index in [2.05, 4.69) is 20.8 Å². The molecule has 1 aliphatic carbocycles. The standard InChI is InChI=1S/C22H26O3/c1-22(2,3)14-10-17-18-12-16(24)8-9-20(18)25-21(19(17)11-14)13-4-6-15(23)7-5-13/h4-9,12,14,17,19,21,23-24H,10-11H2,1-3H3. The zero-order chi connectivity index (χ0) is 17.8. The summed E-state index contributed by atoms with van der Waals surface area (Å²) < 4.78 is 6.40. The van der Waals surface area contributed by atoms with E-state index in [9.17, 15) is 10.2 Å². The van der Waals surface area contributed by atoms with Gasteiger partial charge in [0.25, 0.3) is 0 Å². The highest BCUT2D eigenvalue weighted by Crippen LogP contribution is 2.59. The summed E-state index contributed by atoms with van der Waals surface area (Å²) in [6.45, 7) is 6.94. The van der Waals surface area contributed by atoms with Crippen molar-refractivity contribution in [3.63, 3.8) is 0 Å². The van der Waals surface area contributed by atoms with E-state index in [4.69, 9.17) is 4.74 Å². The quantitative estimate of drug-likeness (QED) is 0.733. The molecule has 0 amide bonds. The maximum absolute atomic E-state index is 9.96. The lowest BCUT2D eigenvalue weighted by atomic mass is 9.79. The van der Waals surface area contributed by atoms with Crippen LogP contribution < -0.4 is 4.74 Å². The van der Waals surface area contributed by atoms with Gasteiger partial charge in [0.1, 0.15) is 23.4 Å². The normalized spacial score (nSPS) is 28.1. The Kier molecular flexibility index (Phi) is 3.71. The van der Waals surface area contributed by atoms with Crippen LogP contribution in [0.15, 0.2) is 42.5 Å². The summed E-state index contributed by atoms with van der Waals surface area (Å²) in [5.74, 6) is 2.89. The molecule has 0 bridgehead atoms. The van der Waals surface area contributed by atoms with Crippen LogP contribution in [0.3, 0.4) is 0 Å². The van der Waals surface area contributed by atoms with Crippen molar-refractivity contribution in [2.75, 3.05) is 0 Å². The number of fused-ring (bicyclic) bond motifs is 3. The van der Waals surface area contributed by atoms with Crippen molar-refractivity contribution in [2.24, 2.45) is 17.3 Å². The highest BCUT2D eigenvalue weighted by atomic mass is 16.5. The number of ether oxygens (including phenoxy) is 1. The molecule has 1 aliphatic heterocycles. The molecule has 2 aliphatic rings. The fraction of sp³-hybridized carbons (Fsp3) is 0.455. The molecule has 2 aromatic rings. The predicted molar refractivity (Wildman–Crippen MR) is 98.0 cm³/mol. The van der Waals surface area contributed by atoms with Crippen LogP contribution in [0, 0.1) is 17.3 Å². The second kappa shape index (κ2) is 5.69. The number of benzene rings is 2. The first kappa shape index (κ1) is 16.3. The number of phenolic OH excluding ortho intramolecular Hbond substituents is 2. The Morgan fingerprint density at radius 2 is 1.60 bits per heavy atom. The molecule has 25 heavy (non-hydrogen) atoms. The van der Waals surface area contributed by atoms with Crippen molar-refractivity contribution in [3.8, 4) is 17.2 Å². The van der Waals surface area contributed by atoms with Gasteiger partial charge in [0.15, 0.2) is 0 Å². The average Bonchev–Trinajstić information content (AvgIpc) is 3.01. The van der Waals surface area contributed by atoms with E-state index in [1.807, 2.05) is 24.3 Å². The molecule has 4 rings (SSSR count). The molecule has 1 heterocycles. The van der Waals surface area contributed by atoms with Crippen LogP contribution in [-0.4, -0.2) is 10.2 Å². The summed E-state index contributed by atoms with van der Waals surface area (Å²) in [6.07, 6.45) is 2.24. The van der Waals surface area contributed by atoms with Crippen LogP contribution in [-0.2, 0) is 0 Å². The van der Waals surface area contributed by atoms with E-state index in [0.29, 0.717) is 23.5 Å². The lowest BCUT2D eigenvalue weighted by molar-refractivity contribution is 0.0994. The second-order valence-electron chi connectivity index (χ2n) is 8.66. The number of hydrogen-bond donors (Lipinski definition) is 2. The van der Waals surface area contributed by atoms with Crippen LogP contribution in [0.2, 0.25) is 0 Å². The second-order valence-corrected chi connectivity index (χ2v) is 8.66. The minimum Gasteiger partial charge on any atom is -0.508 e. The van der Waals surface area contributed by atoms with Gasteiger partial charge in [-0.15, -0.1) is 0 Å². The van der Waals surface area contributed by atoms with Crippen molar-refractivity contribution >= 4 is 0 Å². The first-order valence-electron chi connectivity index (χ1n) is 9.11. The van der Waals surface area contributed by atoms with Gasteiger partial charge in [-0.2, -0.15) is 0 Å². The Morgan fingerprint density at radius 1 is 0.920 bits per heavy atom. The largest absolute Gasteiger partial charge is 0.508 e. The number of aromatic hydroxyl groups is 2. The topological polar surface area (TPSA) is 49.7 Å². The van der Waals surface area contributed by atoms with E-state index in [1.165, 1.54) is 0 Å². The highest BCUT2D eigenvalue weighted by molar-refractivity contribution is 5.46. The van der Waals surface area contributed by atoms with Gasteiger partial charge >= 0.3 is 0 Å². The average molecular weight is 338 g/mol. The molecular formula is C22H26O3. The molecule has 3 heteroatoms. The Labute approximate surface area is 149 Å². The Bertz CT molecular complexity index is 773. The molecule has 132 valence electrons. The van der Waals surface area contributed by atoms with E-state index in [-0.39, 0.29) is 17.3 Å². The van der Waals surface area contributed by atoms with Gasteiger partial charge < -0.3 is 14.9 Å². The SMILES string of the molecule is CC(C)(C)C1CC2c3cc(O)ccc3OC(c3ccc(O)cc3)C2C1. The summed E-state index contributed by atoms with van der Waals surface area (Å²) in [5, 5.41) is 19.6. The van der Waals surface area contributed by atoms with Crippen LogP contribution in [0.1, 0.15) is 56.8 Å². The van der Waals surface area contributed by atoms with Gasteiger partial charge in [0, 0.05) is 11.5 Å². The van der Waals surface area contributed by atoms with E-state index in [0.717, 1.165) is 29.7 Å². The Balaban J connectivity index is 1.77. The predicted octanol–water partition coefficient (Wildman–Crippen LogP) is 5.39. The molecule has 0 saturated heterocycles. The summed E-state index contributed by atoms with van der Waals surface area (Å²) in [5.41, 5.74) is 2.52. The molecule has 0 spiro atoms. The molecule has 3 nitrogen and oxygen atoms in total. The van der Waals surface area contributed by atoms with Crippen LogP contribution in [0.5, 0.6) is 17.2 Å². The van der Waals surface area contributed by atoms with Gasteiger partial charge in [-0.25, -0.2) is 0 Å². The molecule has 1 saturated carbocycles. The van der Waals surface area contributed by atoms with E-state index in [1.54, 1.807) is 18.2 Å².